The molecule has 0 aromatic heterocycles. The summed E-state index contributed by atoms with van der Waals surface area (Å²) in [5.74, 6) is -1.33. The first-order chi connectivity index (χ1) is 13.3. The van der Waals surface area contributed by atoms with Gasteiger partial charge in [0.1, 0.15) is 18.4 Å². The van der Waals surface area contributed by atoms with Gasteiger partial charge in [-0.3, -0.25) is 4.79 Å². The van der Waals surface area contributed by atoms with Gasteiger partial charge in [-0.1, -0.05) is 49.7 Å². The Balaban J connectivity index is 2.05. The second-order valence-electron chi connectivity index (χ2n) is 6.66. The number of carbonyl (C=O) groups excluding carboxylic acids is 2. The SMILES string of the molecule is Cc1cccc(C(=O)N[C@H](C(=O)OCc2ccccc2OC(F)F)C(C)C)c1. The minimum absolute atomic E-state index is 0.0600. The summed E-state index contributed by atoms with van der Waals surface area (Å²) in [5, 5.41) is 2.68. The Labute approximate surface area is 162 Å². The highest BCUT2D eigenvalue weighted by molar-refractivity contribution is 5.97. The molecule has 0 saturated carbocycles. The van der Waals surface area contributed by atoms with Crippen LogP contribution in [0.15, 0.2) is 48.5 Å². The molecule has 0 aliphatic carbocycles. The average molecular weight is 391 g/mol. The van der Waals surface area contributed by atoms with Gasteiger partial charge in [0.25, 0.3) is 5.91 Å². The van der Waals surface area contributed by atoms with Gasteiger partial charge in [-0.15, -0.1) is 0 Å². The molecule has 1 amide bonds. The molecule has 2 aromatic carbocycles. The molecular weight excluding hydrogens is 368 g/mol. The molecule has 7 heteroatoms. The normalized spacial score (nSPS) is 12.0. The van der Waals surface area contributed by atoms with Crippen LogP contribution in [0, 0.1) is 12.8 Å². The number of ether oxygens (including phenoxy) is 2. The summed E-state index contributed by atoms with van der Waals surface area (Å²) in [6, 6.07) is 12.2. The number of rotatable bonds is 8. The number of benzene rings is 2. The van der Waals surface area contributed by atoms with Crippen molar-refractivity contribution in [3.63, 3.8) is 0 Å². The number of hydrogen-bond acceptors (Lipinski definition) is 4. The first-order valence-corrected chi connectivity index (χ1v) is 8.84. The van der Waals surface area contributed by atoms with Crippen LogP contribution in [0.2, 0.25) is 0 Å². The molecule has 1 N–H and O–H groups in total. The van der Waals surface area contributed by atoms with Gasteiger partial charge in [0, 0.05) is 11.1 Å². The molecule has 0 bridgehead atoms. The fourth-order valence-corrected chi connectivity index (χ4v) is 2.58. The van der Waals surface area contributed by atoms with Crippen molar-refractivity contribution in [2.45, 2.75) is 40.0 Å². The lowest BCUT2D eigenvalue weighted by Crippen LogP contribution is -2.45. The van der Waals surface area contributed by atoms with Gasteiger partial charge in [-0.2, -0.15) is 8.78 Å². The molecule has 0 radical (unpaired) electrons. The Kier molecular flexibility index (Phi) is 7.49. The largest absolute Gasteiger partial charge is 0.459 e. The van der Waals surface area contributed by atoms with E-state index in [1.807, 2.05) is 13.0 Å². The molecule has 5 nitrogen and oxygen atoms in total. The van der Waals surface area contributed by atoms with Gasteiger partial charge >= 0.3 is 12.6 Å². The number of nitrogens with one attached hydrogen (secondary N) is 1. The van der Waals surface area contributed by atoms with E-state index in [4.69, 9.17) is 4.74 Å². The quantitative estimate of drug-likeness (QED) is 0.689. The van der Waals surface area contributed by atoms with Gasteiger partial charge in [-0.05, 0) is 31.0 Å². The molecule has 0 unspecified atom stereocenters. The molecule has 0 aliphatic rings. The fourth-order valence-electron chi connectivity index (χ4n) is 2.58. The number of alkyl halides is 2. The minimum atomic E-state index is -2.98. The second kappa shape index (κ2) is 9.82. The lowest BCUT2D eigenvalue weighted by atomic mass is 10.0. The molecule has 150 valence electrons. The van der Waals surface area contributed by atoms with Crippen molar-refractivity contribution in [3.05, 3.63) is 65.2 Å². The van der Waals surface area contributed by atoms with Gasteiger partial charge in [0.2, 0.25) is 0 Å². The zero-order valence-corrected chi connectivity index (χ0v) is 15.9. The van der Waals surface area contributed by atoms with Crippen molar-refractivity contribution in [1.29, 1.82) is 0 Å². The number of para-hydroxylation sites is 1. The number of carbonyl (C=O) groups is 2. The highest BCUT2D eigenvalue weighted by atomic mass is 19.3. The summed E-state index contributed by atoms with van der Waals surface area (Å²) >= 11 is 0. The third-order valence-corrected chi connectivity index (χ3v) is 4.05. The molecular formula is C21H23F2NO4. The van der Waals surface area contributed by atoms with E-state index in [0.29, 0.717) is 11.1 Å². The van der Waals surface area contributed by atoms with Crippen LogP contribution in [0.4, 0.5) is 8.78 Å². The summed E-state index contributed by atoms with van der Waals surface area (Å²) in [7, 11) is 0. The van der Waals surface area contributed by atoms with E-state index >= 15 is 0 Å². The molecule has 0 fully saturated rings. The molecule has 2 aromatic rings. The Morgan fingerprint density at radius 1 is 1.07 bits per heavy atom. The average Bonchev–Trinajstić information content (AvgIpc) is 2.64. The van der Waals surface area contributed by atoms with E-state index in [1.165, 1.54) is 12.1 Å². The monoisotopic (exact) mass is 391 g/mol. The third kappa shape index (κ3) is 6.04. The predicted molar refractivity (Wildman–Crippen MR) is 100 cm³/mol. The lowest BCUT2D eigenvalue weighted by molar-refractivity contribution is -0.148. The first kappa shape index (κ1) is 21.3. The molecule has 0 heterocycles. The van der Waals surface area contributed by atoms with Crippen LogP contribution in [-0.2, 0) is 16.1 Å². The van der Waals surface area contributed by atoms with E-state index < -0.39 is 18.6 Å². The first-order valence-electron chi connectivity index (χ1n) is 8.84. The van der Waals surface area contributed by atoms with Crippen molar-refractivity contribution in [2.24, 2.45) is 5.92 Å². The van der Waals surface area contributed by atoms with Crippen molar-refractivity contribution in [2.75, 3.05) is 0 Å². The summed E-state index contributed by atoms with van der Waals surface area (Å²) in [4.78, 5) is 24.9. The summed E-state index contributed by atoms with van der Waals surface area (Å²) in [6.45, 7) is 2.19. The maximum absolute atomic E-state index is 12.5. The maximum Gasteiger partial charge on any atom is 0.387 e. The van der Waals surface area contributed by atoms with Gasteiger partial charge in [0.15, 0.2) is 0 Å². The van der Waals surface area contributed by atoms with Crippen molar-refractivity contribution in [3.8, 4) is 5.75 Å². The van der Waals surface area contributed by atoms with E-state index in [1.54, 1.807) is 44.2 Å². The van der Waals surface area contributed by atoms with Crippen molar-refractivity contribution < 1.29 is 27.8 Å². The highest BCUT2D eigenvalue weighted by Gasteiger charge is 2.26. The maximum atomic E-state index is 12.5. The van der Waals surface area contributed by atoms with Crippen molar-refractivity contribution in [1.82, 2.24) is 5.32 Å². The smallest absolute Gasteiger partial charge is 0.387 e. The highest BCUT2D eigenvalue weighted by Crippen LogP contribution is 2.21. The second-order valence-corrected chi connectivity index (χ2v) is 6.66. The Morgan fingerprint density at radius 2 is 1.79 bits per heavy atom. The standard InChI is InChI=1S/C21H23F2NO4/c1-13(2)18(24-19(25)15-9-6-7-14(3)11-15)20(26)27-12-16-8-4-5-10-17(16)28-21(22)23/h4-11,13,18,21H,12H2,1-3H3,(H,24,25)/t18-/m0/s1. The third-order valence-electron chi connectivity index (χ3n) is 4.05. The van der Waals surface area contributed by atoms with Crippen molar-refractivity contribution >= 4 is 11.9 Å². The number of amides is 1. The molecule has 2 rings (SSSR count). The number of hydrogen-bond donors (Lipinski definition) is 1. The summed E-state index contributed by atoms with van der Waals surface area (Å²) in [5.41, 5.74) is 1.67. The summed E-state index contributed by atoms with van der Waals surface area (Å²) < 4.78 is 34.7. The predicted octanol–water partition coefficient (Wildman–Crippen LogP) is 4.09. The summed E-state index contributed by atoms with van der Waals surface area (Å²) in [6.07, 6.45) is 0. The Morgan fingerprint density at radius 3 is 2.43 bits per heavy atom. The van der Waals surface area contributed by atoms with E-state index in [2.05, 4.69) is 10.1 Å². The van der Waals surface area contributed by atoms with E-state index in [9.17, 15) is 18.4 Å². The van der Waals surface area contributed by atoms with Crippen LogP contribution in [-0.4, -0.2) is 24.5 Å². The van der Waals surface area contributed by atoms with E-state index in [-0.39, 0.29) is 24.2 Å². The molecule has 1 atom stereocenters. The number of esters is 1. The molecule has 0 saturated heterocycles. The van der Waals surface area contributed by atoms with Gasteiger partial charge < -0.3 is 14.8 Å². The van der Waals surface area contributed by atoms with Crippen LogP contribution in [0.5, 0.6) is 5.75 Å². The van der Waals surface area contributed by atoms with Crippen LogP contribution < -0.4 is 10.1 Å². The minimum Gasteiger partial charge on any atom is -0.459 e. The number of halogens is 2. The van der Waals surface area contributed by atoms with Crippen LogP contribution >= 0.6 is 0 Å². The topological polar surface area (TPSA) is 64.6 Å². The Bertz CT molecular complexity index is 824. The van der Waals surface area contributed by atoms with E-state index in [0.717, 1.165) is 5.56 Å². The van der Waals surface area contributed by atoms with Crippen LogP contribution in [0.1, 0.15) is 35.3 Å². The fraction of sp³-hybridized carbons (Fsp3) is 0.333. The van der Waals surface area contributed by atoms with Gasteiger partial charge in [0.05, 0.1) is 0 Å². The van der Waals surface area contributed by atoms with Crippen LogP contribution in [0.25, 0.3) is 0 Å². The number of aryl methyl sites for hydroxylation is 1. The molecule has 0 aliphatic heterocycles. The molecule has 0 spiro atoms. The zero-order chi connectivity index (χ0) is 20.7. The molecule has 28 heavy (non-hydrogen) atoms. The lowest BCUT2D eigenvalue weighted by Gasteiger charge is -2.21. The van der Waals surface area contributed by atoms with Crippen LogP contribution in [0.3, 0.4) is 0 Å². The zero-order valence-electron chi connectivity index (χ0n) is 15.9. The Hall–Kier alpha value is -2.96. The van der Waals surface area contributed by atoms with Gasteiger partial charge in [-0.25, -0.2) is 4.79 Å².